The largest absolute Gasteiger partial charge is 0.428 e. The molecule has 57 valence electrons. The lowest BCUT2D eigenvalue weighted by molar-refractivity contribution is 0.175. The van der Waals surface area contributed by atoms with Crippen molar-refractivity contribution in [1.82, 2.24) is 0 Å². The number of aliphatic hydroxyl groups excluding tert-OH is 1. The van der Waals surface area contributed by atoms with Crippen LogP contribution in [0.3, 0.4) is 0 Å². The highest BCUT2D eigenvalue weighted by Crippen LogP contribution is 2.29. The molecule has 2 atom stereocenters. The summed E-state index contributed by atoms with van der Waals surface area (Å²) in [5, 5.41) is 9.26. The molecule has 3 nitrogen and oxygen atoms in total. The van der Waals surface area contributed by atoms with E-state index in [1.54, 1.807) is 7.48 Å². The summed E-state index contributed by atoms with van der Waals surface area (Å²) in [5.74, 6) is 0.212. The van der Waals surface area contributed by atoms with Crippen molar-refractivity contribution in [2.75, 3.05) is 6.73 Å². The van der Waals surface area contributed by atoms with Crippen molar-refractivity contribution in [2.24, 2.45) is 5.73 Å². The van der Waals surface area contributed by atoms with E-state index in [1.807, 2.05) is 0 Å². The first kappa shape index (κ1) is 8.05. The van der Waals surface area contributed by atoms with Gasteiger partial charge in [0.05, 0.1) is 12.8 Å². The molecule has 1 saturated carbocycles. The minimum absolute atomic E-state index is 0.202. The summed E-state index contributed by atoms with van der Waals surface area (Å²) in [7, 11) is 1.66. The number of rotatable bonds is 3. The second kappa shape index (κ2) is 3.96. The van der Waals surface area contributed by atoms with Crippen molar-refractivity contribution in [3.05, 3.63) is 0 Å². The first-order valence-corrected chi connectivity index (χ1v) is 3.67. The van der Waals surface area contributed by atoms with Crippen molar-refractivity contribution in [3.63, 3.8) is 0 Å². The zero-order valence-electron chi connectivity index (χ0n) is 5.99. The Morgan fingerprint density at radius 1 is 1.60 bits per heavy atom. The molecule has 1 aliphatic carbocycles. The van der Waals surface area contributed by atoms with Gasteiger partial charge in [0, 0.05) is 0 Å². The topological polar surface area (TPSA) is 55.5 Å². The first-order valence-electron chi connectivity index (χ1n) is 3.67. The summed E-state index contributed by atoms with van der Waals surface area (Å²) in [6.07, 6.45) is 2.82. The van der Waals surface area contributed by atoms with Crippen LogP contribution in [0.5, 0.6) is 0 Å². The summed E-state index contributed by atoms with van der Waals surface area (Å²) in [5.41, 5.74) is 5.12. The van der Waals surface area contributed by atoms with Crippen molar-refractivity contribution in [1.29, 1.82) is 0 Å². The highest BCUT2D eigenvalue weighted by atomic mass is 16.4. The van der Waals surface area contributed by atoms with Gasteiger partial charge in [-0.05, 0) is 12.2 Å². The van der Waals surface area contributed by atoms with Gasteiger partial charge >= 0.3 is 0 Å². The van der Waals surface area contributed by atoms with Gasteiger partial charge in [0.1, 0.15) is 0 Å². The molecule has 10 heavy (non-hydrogen) atoms. The highest BCUT2D eigenvalue weighted by Gasteiger charge is 2.26. The molecule has 1 aliphatic rings. The second-order valence-electron chi connectivity index (χ2n) is 2.63. The van der Waals surface area contributed by atoms with Gasteiger partial charge in [-0.15, -0.1) is 0 Å². The van der Waals surface area contributed by atoms with E-state index in [1.165, 1.54) is 0 Å². The number of nitrogens with two attached hydrogens (primary N) is 1. The van der Waals surface area contributed by atoms with Crippen molar-refractivity contribution in [3.8, 4) is 0 Å². The van der Waals surface area contributed by atoms with Gasteiger partial charge in [-0.2, -0.15) is 0 Å². The lowest BCUT2D eigenvalue weighted by atomic mass is 9.77. The minimum Gasteiger partial charge on any atom is -0.428 e. The van der Waals surface area contributed by atoms with Crippen LogP contribution >= 0.6 is 0 Å². The third kappa shape index (κ3) is 1.97. The Kier molecular flexibility index (Phi) is 3.18. The van der Waals surface area contributed by atoms with Gasteiger partial charge in [0.25, 0.3) is 7.48 Å². The van der Waals surface area contributed by atoms with Crippen LogP contribution in [0, 0.1) is 0 Å². The number of aliphatic hydroxyl groups is 1. The van der Waals surface area contributed by atoms with E-state index < -0.39 is 0 Å². The fourth-order valence-corrected chi connectivity index (χ4v) is 1.31. The van der Waals surface area contributed by atoms with Gasteiger partial charge in [-0.1, -0.05) is 12.8 Å². The summed E-state index contributed by atoms with van der Waals surface area (Å²) in [4.78, 5) is 0. The van der Waals surface area contributed by atoms with Gasteiger partial charge in [-0.3, -0.25) is 0 Å². The molecule has 0 bridgehead atoms. The maximum absolute atomic E-state index is 9.26. The van der Waals surface area contributed by atoms with Crippen LogP contribution in [0.1, 0.15) is 19.3 Å². The van der Waals surface area contributed by atoms with Crippen LogP contribution in [0.25, 0.3) is 0 Å². The zero-order valence-corrected chi connectivity index (χ0v) is 5.99. The van der Waals surface area contributed by atoms with E-state index in [0.29, 0.717) is 0 Å². The van der Waals surface area contributed by atoms with Gasteiger partial charge in [0.2, 0.25) is 0 Å². The fourth-order valence-electron chi connectivity index (χ4n) is 1.31. The van der Waals surface area contributed by atoms with E-state index in [-0.39, 0.29) is 18.7 Å². The van der Waals surface area contributed by atoms with Crippen LogP contribution in [0.2, 0.25) is 5.82 Å². The third-order valence-corrected chi connectivity index (χ3v) is 1.90. The molecule has 3 N–H and O–H groups in total. The van der Waals surface area contributed by atoms with E-state index in [9.17, 15) is 5.11 Å². The monoisotopic (exact) mass is 142 g/mol. The second-order valence-corrected chi connectivity index (χ2v) is 2.63. The van der Waals surface area contributed by atoms with E-state index in [4.69, 9.17) is 10.4 Å². The predicted octanol–water partition coefficient (Wildman–Crippen LogP) is -0.128. The van der Waals surface area contributed by atoms with Crippen LogP contribution in [-0.4, -0.2) is 25.4 Å². The number of hydrogen-bond acceptors (Lipinski definition) is 3. The molecule has 1 fully saturated rings. The van der Waals surface area contributed by atoms with E-state index >= 15 is 0 Å². The minimum atomic E-state index is -0.202. The maximum atomic E-state index is 9.26. The maximum Gasteiger partial charge on any atom is 0.300 e. The molecule has 0 aromatic carbocycles. The predicted molar refractivity (Wildman–Crippen MR) is 39.5 cm³/mol. The molecule has 0 aliphatic heterocycles. The summed E-state index contributed by atoms with van der Waals surface area (Å²) in [6, 6.07) is 0. The van der Waals surface area contributed by atoms with Crippen molar-refractivity contribution >= 4 is 7.48 Å². The summed E-state index contributed by atoms with van der Waals surface area (Å²) in [6.45, 7) is 0.212. The lowest BCUT2D eigenvalue weighted by Gasteiger charge is -2.10. The molecule has 0 saturated heterocycles. The Bertz CT molecular complexity index is 102. The Hall–Kier alpha value is -0.0551. The van der Waals surface area contributed by atoms with Crippen LogP contribution in [-0.2, 0) is 4.65 Å². The van der Waals surface area contributed by atoms with Crippen LogP contribution in [0.15, 0.2) is 0 Å². The Balaban J connectivity index is 2.14. The van der Waals surface area contributed by atoms with Crippen molar-refractivity contribution in [2.45, 2.75) is 31.2 Å². The molecule has 0 aromatic heterocycles. The third-order valence-electron chi connectivity index (χ3n) is 1.90. The normalized spacial score (nSPS) is 32.6. The Labute approximate surface area is 61.8 Å². The van der Waals surface area contributed by atoms with E-state index in [2.05, 4.69) is 0 Å². The molecular formula is C6H13BNO2. The molecule has 4 heteroatoms. The van der Waals surface area contributed by atoms with E-state index in [0.717, 1.165) is 19.3 Å². The molecule has 1 rings (SSSR count). The molecular weight excluding hydrogens is 129 g/mol. The molecule has 0 amide bonds. The quantitative estimate of drug-likeness (QED) is 0.426. The lowest BCUT2D eigenvalue weighted by Crippen LogP contribution is -2.19. The summed E-state index contributed by atoms with van der Waals surface area (Å²) >= 11 is 0. The molecule has 0 aromatic rings. The zero-order chi connectivity index (χ0) is 7.40. The van der Waals surface area contributed by atoms with Crippen LogP contribution in [0.4, 0.5) is 0 Å². The van der Waals surface area contributed by atoms with Gasteiger partial charge in [0.15, 0.2) is 0 Å². The first-order chi connectivity index (χ1) is 4.84. The molecule has 0 unspecified atom stereocenters. The highest BCUT2D eigenvalue weighted by molar-refractivity contribution is 6.29. The smallest absolute Gasteiger partial charge is 0.300 e. The number of hydrogen-bond donors (Lipinski definition) is 2. The summed E-state index contributed by atoms with van der Waals surface area (Å²) < 4.78 is 4.88. The van der Waals surface area contributed by atoms with Crippen molar-refractivity contribution < 1.29 is 9.76 Å². The standard InChI is InChI=1S/C6H13BNO2/c8-4-10-7-5-2-1-3-6(5)9/h5-6,9H,1-4,8H2/t5-,6-/m1/s1. The Morgan fingerprint density at radius 3 is 2.90 bits per heavy atom. The van der Waals surface area contributed by atoms with Gasteiger partial charge < -0.3 is 15.5 Å². The molecule has 0 heterocycles. The fraction of sp³-hybridized carbons (Fsp3) is 1.00. The molecule has 1 radical (unpaired) electrons. The van der Waals surface area contributed by atoms with Crippen LogP contribution < -0.4 is 5.73 Å². The molecule has 0 spiro atoms. The average Bonchev–Trinajstić information content (AvgIpc) is 2.31. The Morgan fingerprint density at radius 2 is 2.40 bits per heavy atom. The SMILES string of the molecule is NCO[B][C@@H]1CCC[C@H]1O. The van der Waals surface area contributed by atoms with Gasteiger partial charge in [-0.25, -0.2) is 0 Å². The average molecular weight is 142 g/mol.